The van der Waals surface area contributed by atoms with E-state index in [1.807, 2.05) is 18.9 Å². The van der Waals surface area contributed by atoms with Crippen LogP contribution in [0.4, 0.5) is 21.8 Å². The molecule has 2 aromatic heterocycles. The molecule has 0 unspecified atom stereocenters. The van der Waals surface area contributed by atoms with Crippen molar-refractivity contribution in [3.05, 3.63) is 23.9 Å². The summed E-state index contributed by atoms with van der Waals surface area (Å²) in [5.41, 5.74) is 1.42. The molecule has 1 amide bonds. The van der Waals surface area contributed by atoms with E-state index in [1.165, 1.54) is 12.4 Å². The zero-order chi connectivity index (χ0) is 17.6. The normalized spacial score (nSPS) is 22.2. The van der Waals surface area contributed by atoms with Gasteiger partial charge in [-0.15, -0.1) is 0 Å². The van der Waals surface area contributed by atoms with Gasteiger partial charge in [-0.05, 0) is 25.7 Å². The van der Waals surface area contributed by atoms with Crippen LogP contribution in [-0.4, -0.2) is 45.3 Å². The molecule has 2 N–H and O–H groups in total. The van der Waals surface area contributed by atoms with Gasteiger partial charge in [-0.25, -0.2) is 9.37 Å². The summed E-state index contributed by atoms with van der Waals surface area (Å²) in [7, 11) is 1.84. The Labute approximate surface area is 144 Å². The van der Waals surface area contributed by atoms with Crippen molar-refractivity contribution in [2.45, 2.75) is 32.4 Å². The van der Waals surface area contributed by atoms with Crippen LogP contribution in [0.15, 0.2) is 12.4 Å². The number of hydrogen-bond donors (Lipinski definition) is 2. The van der Waals surface area contributed by atoms with Gasteiger partial charge in [-0.1, -0.05) is 0 Å². The Hall–Kier alpha value is -2.71. The van der Waals surface area contributed by atoms with Crippen molar-refractivity contribution in [1.82, 2.24) is 19.7 Å². The quantitative estimate of drug-likeness (QED) is 0.871. The molecule has 1 fully saturated rings. The van der Waals surface area contributed by atoms with Gasteiger partial charge in [-0.3, -0.25) is 9.48 Å². The Morgan fingerprint density at radius 3 is 2.92 bits per heavy atom. The lowest BCUT2D eigenvalue weighted by Crippen LogP contribution is -2.39. The molecule has 0 bridgehead atoms. The molecule has 3 heterocycles. The van der Waals surface area contributed by atoms with E-state index in [9.17, 15) is 9.18 Å². The number of carbonyl (C=O) groups is 1. The minimum absolute atomic E-state index is 0.0562. The molecule has 2 aliphatic rings. The van der Waals surface area contributed by atoms with Crippen molar-refractivity contribution in [3.8, 4) is 0 Å². The molecule has 132 valence electrons. The fraction of sp³-hybridized carbons (Fsp3) is 0.500. The van der Waals surface area contributed by atoms with Crippen molar-refractivity contribution in [2.75, 3.05) is 29.1 Å². The molecular formula is C16H20FN7O. The predicted octanol–water partition coefficient (Wildman–Crippen LogP) is 1.40. The van der Waals surface area contributed by atoms with Crippen molar-refractivity contribution >= 4 is 23.4 Å². The number of carbonyl (C=O) groups excluding carboxylic acids is 1. The molecule has 0 radical (unpaired) electrons. The number of nitrogens with one attached hydrogen (secondary N) is 2. The third-order valence-corrected chi connectivity index (χ3v) is 4.69. The Bertz CT molecular complexity index is 815. The molecule has 1 saturated carbocycles. The van der Waals surface area contributed by atoms with Crippen LogP contribution in [-0.2, 0) is 11.3 Å². The number of anilines is 3. The predicted molar refractivity (Wildman–Crippen MR) is 91.0 cm³/mol. The zero-order valence-corrected chi connectivity index (χ0v) is 14.2. The number of amides is 1. The minimum atomic E-state index is -0.303. The van der Waals surface area contributed by atoms with Gasteiger partial charge in [0.2, 0.25) is 11.9 Å². The van der Waals surface area contributed by atoms with Crippen LogP contribution in [0, 0.1) is 18.7 Å². The SMILES string of the molecule is Cc1nc(NC2CC(Cn3cc(F)cn3)C2)nc2c1NC(=O)CN2C. The van der Waals surface area contributed by atoms with E-state index in [1.54, 1.807) is 4.68 Å². The largest absolute Gasteiger partial charge is 0.351 e. The first-order chi connectivity index (χ1) is 12.0. The Kier molecular flexibility index (Phi) is 3.78. The lowest BCUT2D eigenvalue weighted by molar-refractivity contribution is -0.115. The third-order valence-electron chi connectivity index (χ3n) is 4.69. The van der Waals surface area contributed by atoms with Gasteiger partial charge in [0.1, 0.15) is 5.69 Å². The molecule has 25 heavy (non-hydrogen) atoms. The summed E-state index contributed by atoms with van der Waals surface area (Å²) in [5, 5.41) is 10.2. The van der Waals surface area contributed by atoms with E-state index in [0.717, 1.165) is 30.9 Å². The average molecular weight is 345 g/mol. The van der Waals surface area contributed by atoms with Crippen LogP contribution in [0.1, 0.15) is 18.5 Å². The van der Waals surface area contributed by atoms with Gasteiger partial charge in [0.05, 0.1) is 24.6 Å². The number of aromatic nitrogens is 4. The van der Waals surface area contributed by atoms with Gasteiger partial charge in [0, 0.05) is 19.6 Å². The Morgan fingerprint density at radius 1 is 1.40 bits per heavy atom. The minimum Gasteiger partial charge on any atom is -0.351 e. The summed E-state index contributed by atoms with van der Waals surface area (Å²) in [6, 6.07) is 0.298. The van der Waals surface area contributed by atoms with Crippen LogP contribution in [0.3, 0.4) is 0 Å². The molecule has 1 aliphatic heterocycles. The second kappa shape index (κ2) is 5.98. The van der Waals surface area contributed by atoms with Crippen LogP contribution in [0.2, 0.25) is 0 Å². The van der Waals surface area contributed by atoms with E-state index in [2.05, 4.69) is 25.7 Å². The second-order valence-electron chi connectivity index (χ2n) is 6.79. The molecule has 8 nitrogen and oxygen atoms in total. The van der Waals surface area contributed by atoms with Gasteiger partial charge < -0.3 is 15.5 Å². The van der Waals surface area contributed by atoms with Crippen LogP contribution < -0.4 is 15.5 Å². The van der Waals surface area contributed by atoms with Crippen molar-refractivity contribution in [1.29, 1.82) is 0 Å². The highest BCUT2D eigenvalue weighted by molar-refractivity contribution is 6.00. The average Bonchev–Trinajstić information content (AvgIpc) is 2.91. The summed E-state index contributed by atoms with van der Waals surface area (Å²) in [6.07, 6.45) is 4.58. The lowest BCUT2D eigenvalue weighted by atomic mass is 9.80. The van der Waals surface area contributed by atoms with E-state index in [0.29, 0.717) is 23.6 Å². The number of nitrogens with zero attached hydrogens (tertiary/aromatic N) is 5. The molecule has 2 aromatic rings. The number of hydrogen-bond acceptors (Lipinski definition) is 6. The van der Waals surface area contributed by atoms with E-state index < -0.39 is 0 Å². The topological polar surface area (TPSA) is 88.0 Å². The third kappa shape index (κ3) is 3.13. The Balaban J connectivity index is 1.39. The lowest BCUT2D eigenvalue weighted by Gasteiger charge is -2.36. The molecule has 9 heteroatoms. The maximum Gasteiger partial charge on any atom is 0.244 e. The fourth-order valence-electron chi connectivity index (χ4n) is 3.40. The monoisotopic (exact) mass is 345 g/mol. The molecular weight excluding hydrogens is 325 g/mol. The van der Waals surface area contributed by atoms with Crippen molar-refractivity contribution in [2.24, 2.45) is 5.92 Å². The smallest absolute Gasteiger partial charge is 0.244 e. The standard InChI is InChI=1S/C16H20FN7O/c1-9-14-15(23(2)8-13(25)21-14)22-16(19-9)20-12-3-10(4-12)6-24-7-11(17)5-18-24/h5,7,10,12H,3-4,6,8H2,1-2H3,(H,21,25)(H,19,20,22). The first-order valence-corrected chi connectivity index (χ1v) is 8.32. The molecule has 0 atom stereocenters. The molecule has 4 rings (SSSR count). The molecule has 1 aliphatic carbocycles. The number of aryl methyl sites for hydroxylation is 1. The summed E-state index contributed by atoms with van der Waals surface area (Å²) in [5.74, 6) is 1.42. The fourth-order valence-corrected chi connectivity index (χ4v) is 3.40. The highest BCUT2D eigenvalue weighted by atomic mass is 19.1. The van der Waals surface area contributed by atoms with E-state index in [4.69, 9.17) is 0 Å². The summed E-state index contributed by atoms with van der Waals surface area (Å²) in [6.45, 7) is 2.87. The van der Waals surface area contributed by atoms with E-state index >= 15 is 0 Å². The maximum atomic E-state index is 13.0. The molecule has 0 aromatic carbocycles. The van der Waals surface area contributed by atoms with Crippen molar-refractivity contribution in [3.63, 3.8) is 0 Å². The van der Waals surface area contributed by atoms with Gasteiger partial charge in [0.15, 0.2) is 11.6 Å². The highest BCUT2D eigenvalue weighted by Gasteiger charge is 2.31. The van der Waals surface area contributed by atoms with Crippen molar-refractivity contribution < 1.29 is 9.18 Å². The number of fused-ring (bicyclic) bond motifs is 1. The summed E-state index contributed by atoms with van der Waals surface area (Å²) >= 11 is 0. The van der Waals surface area contributed by atoms with Crippen LogP contribution in [0.25, 0.3) is 0 Å². The first kappa shape index (κ1) is 15.8. The second-order valence-corrected chi connectivity index (χ2v) is 6.79. The summed E-state index contributed by atoms with van der Waals surface area (Å²) in [4.78, 5) is 22.5. The van der Waals surface area contributed by atoms with Gasteiger partial charge >= 0.3 is 0 Å². The number of rotatable bonds is 4. The number of likely N-dealkylation sites (N-methyl/N-ethyl adjacent to an activating group) is 1. The zero-order valence-electron chi connectivity index (χ0n) is 14.2. The van der Waals surface area contributed by atoms with Crippen LogP contribution >= 0.6 is 0 Å². The number of halogens is 1. The van der Waals surface area contributed by atoms with Gasteiger partial charge in [0.25, 0.3) is 0 Å². The van der Waals surface area contributed by atoms with Gasteiger partial charge in [-0.2, -0.15) is 10.1 Å². The highest BCUT2D eigenvalue weighted by Crippen LogP contribution is 2.33. The van der Waals surface area contributed by atoms with E-state index in [-0.39, 0.29) is 18.3 Å². The molecule has 0 spiro atoms. The first-order valence-electron chi connectivity index (χ1n) is 8.32. The Morgan fingerprint density at radius 2 is 2.20 bits per heavy atom. The summed E-state index contributed by atoms with van der Waals surface area (Å²) < 4.78 is 14.6. The molecule has 0 saturated heterocycles. The van der Waals surface area contributed by atoms with Crippen LogP contribution in [0.5, 0.6) is 0 Å². The maximum absolute atomic E-state index is 13.0.